The minimum Gasteiger partial charge on any atom is -0.295 e. The summed E-state index contributed by atoms with van der Waals surface area (Å²) in [5.41, 5.74) is 3.55. The summed E-state index contributed by atoms with van der Waals surface area (Å²) in [6.45, 7) is 7.91. The fourth-order valence-corrected chi connectivity index (χ4v) is 4.18. The largest absolute Gasteiger partial charge is 0.295 e. The molecule has 0 N–H and O–H groups in total. The average molecular weight is 505 g/mol. The van der Waals surface area contributed by atoms with Crippen molar-refractivity contribution in [2.45, 2.75) is 71.6 Å². The third-order valence-corrected chi connectivity index (χ3v) is 6.43. The summed E-state index contributed by atoms with van der Waals surface area (Å²) in [7, 11) is 0. The number of halogens is 1. The van der Waals surface area contributed by atoms with Crippen LogP contribution in [0.4, 0.5) is 4.39 Å². The van der Waals surface area contributed by atoms with Gasteiger partial charge in [0, 0.05) is 24.9 Å². The summed E-state index contributed by atoms with van der Waals surface area (Å²) < 4.78 is 12.8. The second kappa shape index (κ2) is 16.4. The van der Waals surface area contributed by atoms with E-state index in [1.165, 1.54) is 17.7 Å². The number of benzene rings is 2. The highest BCUT2D eigenvalue weighted by Crippen LogP contribution is 2.28. The summed E-state index contributed by atoms with van der Waals surface area (Å²) in [5.74, 6) is 0.0797. The highest BCUT2D eigenvalue weighted by atomic mass is 19.1. The number of rotatable bonds is 10. The molecule has 0 spiro atoms. The monoisotopic (exact) mass is 504 g/mol. The molecule has 1 aliphatic rings. The Balaban J connectivity index is 0.000000374. The van der Waals surface area contributed by atoms with Gasteiger partial charge in [0.15, 0.2) is 17.3 Å². The van der Waals surface area contributed by atoms with Gasteiger partial charge in [0.1, 0.15) is 5.82 Å². The normalized spacial score (nSPS) is 15.8. The highest BCUT2D eigenvalue weighted by Gasteiger charge is 2.22. The predicted molar refractivity (Wildman–Crippen MR) is 152 cm³/mol. The molecule has 0 aliphatic heterocycles. The third kappa shape index (κ3) is 10.6. The summed E-state index contributed by atoms with van der Waals surface area (Å²) in [4.78, 5) is 35.6. The number of allylic oxidation sites excluding steroid dienone is 5. The van der Waals surface area contributed by atoms with Crippen molar-refractivity contribution in [3.05, 3.63) is 107 Å². The van der Waals surface area contributed by atoms with Crippen LogP contribution in [0.5, 0.6) is 0 Å². The number of Topliss-reactive ketones (excluding diaryl/α,β-unsaturated/α-hetero) is 1. The van der Waals surface area contributed by atoms with Crippen molar-refractivity contribution >= 4 is 17.3 Å². The molecule has 1 unspecified atom stereocenters. The zero-order valence-corrected chi connectivity index (χ0v) is 22.2. The zero-order chi connectivity index (χ0) is 27.0. The van der Waals surface area contributed by atoms with Gasteiger partial charge in [-0.1, -0.05) is 68.8 Å². The van der Waals surface area contributed by atoms with Gasteiger partial charge in [-0.2, -0.15) is 0 Å². The van der Waals surface area contributed by atoms with Crippen LogP contribution in [0.1, 0.15) is 92.9 Å². The fraction of sp³-hybridized carbons (Fsp3) is 0.364. The van der Waals surface area contributed by atoms with Gasteiger partial charge in [-0.3, -0.25) is 14.4 Å². The van der Waals surface area contributed by atoms with E-state index in [4.69, 9.17) is 0 Å². The van der Waals surface area contributed by atoms with Crippen molar-refractivity contribution < 1.29 is 20.2 Å². The van der Waals surface area contributed by atoms with E-state index in [1.807, 2.05) is 43.3 Å². The van der Waals surface area contributed by atoms with Crippen LogP contribution in [0, 0.1) is 11.7 Å². The van der Waals surface area contributed by atoms with Gasteiger partial charge < -0.3 is 0 Å². The van der Waals surface area contributed by atoms with E-state index >= 15 is 0 Å². The maximum atomic E-state index is 12.8. The van der Waals surface area contributed by atoms with E-state index < -0.39 is 0 Å². The van der Waals surface area contributed by atoms with Gasteiger partial charge in [-0.15, -0.1) is 0 Å². The van der Waals surface area contributed by atoms with Crippen molar-refractivity contribution in [2.24, 2.45) is 5.92 Å². The molecular weight excluding hydrogens is 463 g/mol. The molecule has 2 aromatic rings. The molecule has 0 saturated heterocycles. The van der Waals surface area contributed by atoms with Crippen LogP contribution in [0.2, 0.25) is 0 Å². The van der Waals surface area contributed by atoms with Crippen molar-refractivity contribution in [1.29, 1.82) is 0 Å². The molecule has 198 valence electrons. The van der Waals surface area contributed by atoms with Gasteiger partial charge in [-0.05, 0) is 86.9 Å². The van der Waals surface area contributed by atoms with E-state index in [-0.39, 0.29) is 30.5 Å². The van der Waals surface area contributed by atoms with Crippen LogP contribution in [-0.4, -0.2) is 17.3 Å². The van der Waals surface area contributed by atoms with Crippen LogP contribution in [0.25, 0.3) is 0 Å². The quantitative estimate of drug-likeness (QED) is 0.141. The first-order valence-corrected chi connectivity index (χ1v) is 13.3. The van der Waals surface area contributed by atoms with Crippen LogP contribution in [0.3, 0.4) is 0 Å². The Morgan fingerprint density at radius 1 is 0.973 bits per heavy atom. The minimum atomic E-state index is -0.296. The molecule has 1 atom stereocenters. The molecule has 1 aliphatic carbocycles. The molecule has 4 heteroatoms. The Morgan fingerprint density at radius 2 is 1.70 bits per heavy atom. The minimum absolute atomic E-state index is 0. The molecule has 0 heterocycles. The smallest absolute Gasteiger partial charge is 0.185 e. The number of ketones is 3. The molecule has 1 fully saturated rings. The third-order valence-electron chi connectivity index (χ3n) is 6.43. The van der Waals surface area contributed by atoms with E-state index in [1.54, 1.807) is 24.3 Å². The van der Waals surface area contributed by atoms with E-state index in [0.29, 0.717) is 24.0 Å². The Kier molecular flexibility index (Phi) is 13.2. The number of unbranched alkanes of at least 4 members (excludes halogenated alkanes) is 1. The summed E-state index contributed by atoms with van der Waals surface area (Å²) >= 11 is 0. The first kappa shape index (κ1) is 29.8. The molecule has 37 heavy (non-hydrogen) atoms. The Labute approximate surface area is 222 Å². The molecule has 1 saturated carbocycles. The predicted octanol–water partition coefficient (Wildman–Crippen LogP) is 8.69. The summed E-state index contributed by atoms with van der Waals surface area (Å²) in [6.07, 6.45) is 14.9. The van der Waals surface area contributed by atoms with Crippen LogP contribution >= 0.6 is 0 Å². The van der Waals surface area contributed by atoms with Crippen molar-refractivity contribution in [3.63, 3.8) is 0 Å². The van der Waals surface area contributed by atoms with Crippen molar-refractivity contribution in [1.82, 2.24) is 0 Å². The average Bonchev–Trinajstić information content (AvgIpc) is 3.13. The SMILES string of the molecule is C=C1CCCC(C(=O)c2ccc(F)cc2)CC1.CCC/C=C/C(=O)c1ccccc1C/C=C/C(=O)CC.[HH]. The standard InChI is InChI=1S/C18H22O2.C15H17FO.H2/c1-3-5-6-14-18(20)17-13-8-7-10-15(17)11-9-12-16(19)4-2;1-11-3-2-4-12(6-5-11)15(17)13-7-9-14(16)10-8-13;/h6-10,12-14H,3-5,11H2,1-2H3;7-10,12H,1-6H2;1H/b12-9+,14-6+;;. The molecular formula is C33H41FO3. The van der Waals surface area contributed by atoms with E-state index in [0.717, 1.165) is 50.5 Å². The second-order valence-corrected chi connectivity index (χ2v) is 9.39. The zero-order valence-electron chi connectivity index (χ0n) is 22.2. The van der Waals surface area contributed by atoms with Crippen LogP contribution < -0.4 is 0 Å². The lowest BCUT2D eigenvalue weighted by Crippen LogP contribution is -2.14. The van der Waals surface area contributed by atoms with Gasteiger partial charge in [0.2, 0.25) is 0 Å². The molecule has 0 radical (unpaired) electrons. The molecule has 2 aromatic carbocycles. The van der Waals surface area contributed by atoms with Gasteiger partial charge in [-0.25, -0.2) is 4.39 Å². The lowest BCUT2D eigenvalue weighted by molar-refractivity contribution is -0.114. The summed E-state index contributed by atoms with van der Waals surface area (Å²) in [6, 6.07) is 13.4. The first-order chi connectivity index (χ1) is 17.8. The fourth-order valence-electron chi connectivity index (χ4n) is 4.18. The van der Waals surface area contributed by atoms with Gasteiger partial charge in [0.05, 0.1) is 0 Å². The lowest BCUT2D eigenvalue weighted by atomic mass is 9.91. The number of carbonyl (C=O) groups is 3. The highest BCUT2D eigenvalue weighted by molar-refractivity contribution is 6.05. The number of carbonyl (C=O) groups excluding carboxylic acids is 3. The van der Waals surface area contributed by atoms with Crippen molar-refractivity contribution in [2.75, 3.05) is 0 Å². The molecule has 3 rings (SSSR count). The van der Waals surface area contributed by atoms with E-state index in [9.17, 15) is 18.8 Å². The Morgan fingerprint density at radius 3 is 2.41 bits per heavy atom. The van der Waals surface area contributed by atoms with Gasteiger partial charge >= 0.3 is 0 Å². The Bertz CT molecular complexity index is 1120. The molecule has 0 amide bonds. The molecule has 3 nitrogen and oxygen atoms in total. The van der Waals surface area contributed by atoms with Gasteiger partial charge in [0.25, 0.3) is 0 Å². The molecule has 0 aromatic heterocycles. The maximum Gasteiger partial charge on any atom is 0.185 e. The second-order valence-electron chi connectivity index (χ2n) is 9.39. The van der Waals surface area contributed by atoms with Crippen LogP contribution in [0.15, 0.2) is 85.0 Å². The van der Waals surface area contributed by atoms with Crippen LogP contribution in [-0.2, 0) is 11.2 Å². The number of hydrogen-bond acceptors (Lipinski definition) is 3. The van der Waals surface area contributed by atoms with E-state index in [2.05, 4.69) is 13.5 Å². The van der Waals surface area contributed by atoms with Crippen molar-refractivity contribution in [3.8, 4) is 0 Å². The maximum absolute atomic E-state index is 12.8. The first-order valence-electron chi connectivity index (χ1n) is 13.3. The lowest BCUT2D eigenvalue weighted by Gasteiger charge is -2.12. The number of hydrogen-bond donors (Lipinski definition) is 0. The summed E-state index contributed by atoms with van der Waals surface area (Å²) in [5, 5.41) is 0. The Hall–Kier alpha value is -3.40. The molecule has 0 bridgehead atoms. The topological polar surface area (TPSA) is 51.2 Å².